The van der Waals surface area contributed by atoms with E-state index in [1.54, 1.807) is 14.2 Å². The van der Waals surface area contributed by atoms with Crippen molar-refractivity contribution < 1.29 is 9.47 Å². The van der Waals surface area contributed by atoms with Gasteiger partial charge in [0, 0.05) is 6.04 Å². The molecule has 21 heavy (non-hydrogen) atoms. The van der Waals surface area contributed by atoms with Gasteiger partial charge in [0.15, 0.2) is 11.5 Å². The summed E-state index contributed by atoms with van der Waals surface area (Å²) in [5.74, 6) is 1.54. The molecule has 0 radical (unpaired) electrons. The average molecular weight is 285 g/mol. The predicted octanol–water partition coefficient (Wildman–Crippen LogP) is 3.55. The van der Waals surface area contributed by atoms with E-state index in [9.17, 15) is 0 Å². The Labute approximate surface area is 127 Å². The summed E-state index contributed by atoms with van der Waals surface area (Å²) in [6.07, 6.45) is 0.962. The molecule has 1 atom stereocenters. The second-order valence-corrected chi connectivity index (χ2v) is 5.28. The van der Waals surface area contributed by atoms with Crippen molar-refractivity contribution in [1.29, 1.82) is 0 Å². The summed E-state index contributed by atoms with van der Waals surface area (Å²) < 4.78 is 10.7. The van der Waals surface area contributed by atoms with Crippen molar-refractivity contribution in [1.82, 2.24) is 4.90 Å². The van der Waals surface area contributed by atoms with E-state index < -0.39 is 0 Å². The molecule has 3 heteroatoms. The van der Waals surface area contributed by atoms with Crippen LogP contribution >= 0.6 is 0 Å². The number of ether oxygens (including phenoxy) is 2. The molecular weight excluding hydrogens is 262 g/mol. The average Bonchev–Trinajstić information content (AvgIpc) is 2.52. The molecule has 0 saturated carbocycles. The van der Waals surface area contributed by atoms with Gasteiger partial charge in [-0.15, -0.1) is 0 Å². The SMILES string of the molecule is COc1ccc(C(Cc2ccccc2)N(C)C)cc1OC. The zero-order valence-electron chi connectivity index (χ0n) is 13.2. The topological polar surface area (TPSA) is 21.7 Å². The van der Waals surface area contributed by atoms with Gasteiger partial charge in [-0.05, 0) is 43.8 Å². The van der Waals surface area contributed by atoms with E-state index >= 15 is 0 Å². The first kappa shape index (κ1) is 15.4. The number of benzene rings is 2. The third kappa shape index (κ3) is 3.76. The second kappa shape index (κ2) is 7.14. The summed E-state index contributed by atoms with van der Waals surface area (Å²) in [5, 5.41) is 0. The Morgan fingerprint density at radius 1 is 0.905 bits per heavy atom. The van der Waals surface area contributed by atoms with Crippen molar-refractivity contribution in [3.05, 3.63) is 59.7 Å². The molecule has 3 nitrogen and oxygen atoms in total. The van der Waals surface area contributed by atoms with Crippen LogP contribution in [-0.4, -0.2) is 33.2 Å². The monoisotopic (exact) mass is 285 g/mol. The van der Waals surface area contributed by atoms with Gasteiger partial charge in [0.25, 0.3) is 0 Å². The predicted molar refractivity (Wildman–Crippen MR) is 86.1 cm³/mol. The Bertz CT molecular complexity index is 567. The Kier molecular flexibility index (Phi) is 5.23. The summed E-state index contributed by atoms with van der Waals surface area (Å²) in [4.78, 5) is 2.23. The van der Waals surface area contributed by atoms with Crippen LogP contribution in [-0.2, 0) is 6.42 Å². The van der Waals surface area contributed by atoms with E-state index in [2.05, 4.69) is 55.4 Å². The molecule has 0 aromatic heterocycles. The molecule has 2 aromatic rings. The highest BCUT2D eigenvalue weighted by Crippen LogP contribution is 2.32. The molecule has 0 aliphatic heterocycles. The van der Waals surface area contributed by atoms with Gasteiger partial charge in [-0.2, -0.15) is 0 Å². The lowest BCUT2D eigenvalue weighted by molar-refractivity contribution is 0.295. The maximum atomic E-state index is 5.41. The maximum Gasteiger partial charge on any atom is 0.161 e. The van der Waals surface area contributed by atoms with E-state index in [0.29, 0.717) is 6.04 Å². The molecule has 2 rings (SSSR count). The molecule has 0 saturated heterocycles. The quantitative estimate of drug-likeness (QED) is 0.810. The van der Waals surface area contributed by atoms with Crippen LogP contribution in [0, 0.1) is 0 Å². The molecule has 0 bridgehead atoms. The maximum absolute atomic E-state index is 5.41. The highest BCUT2D eigenvalue weighted by Gasteiger charge is 2.17. The number of nitrogens with zero attached hydrogens (tertiary/aromatic N) is 1. The van der Waals surface area contributed by atoms with E-state index in [1.807, 2.05) is 12.1 Å². The van der Waals surface area contributed by atoms with Crippen molar-refractivity contribution in [2.24, 2.45) is 0 Å². The molecule has 0 fully saturated rings. The lowest BCUT2D eigenvalue weighted by atomic mass is 9.97. The van der Waals surface area contributed by atoms with E-state index in [0.717, 1.165) is 17.9 Å². The second-order valence-electron chi connectivity index (χ2n) is 5.28. The number of rotatable bonds is 6. The van der Waals surface area contributed by atoms with Crippen LogP contribution < -0.4 is 9.47 Å². The van der Waals surface area contributed by atoms with Crippen LogP contribution in [0.2, 0.25) is 0 Å². The lowest BCUT2D eigenvalue weighted by Crippen LogP contribution is -2.22. The molecule has 0 spiro atoms. The summed E-state index contributed by atoms with van der Waals surface area (Å²) in [7, 11) is 7.53. The van der Waals surface area contributed by atoms with Crippen molar-refractivity contribution in [3.8, 4) is 11.5 Å². The molecule has 112 valence electrons. The minimum absolute atomic E-state index is 0.298. The first-order valence-electron chi connectivity index (χ1n) is 7.08. The normalized spacial score (nSPS) is 12.2. The van der Waals surface area contributed by atoms with Crippen LogP contribution in [0.1, 0.15) is 17.2 Å². The van der Waals surface area contributed by atoms with Crippen molar-refractivity contribution >= 4 is 0 Å². The van der Waals surface area contributed by atoms with Crippen molar-refractivity contribution in [3.63, 3.8) is 0 Å². The highest BCUT2D eigenvalue weighted by atomic mass is 16.5. The van der Waals surface area contributed by atoms with E-state index in [-0.39, 0.29) is 0 Å². The van der Waals surface area contributed by atoms with Crippen LogP contribution in [0.5, 0.6) is 11.5 Å². The first-order valence-corrected chi connectivity index (χ1v) is 7.08. The first-order chi connectivity index (χ1) is 10.2. The number of methoxy groups -OCH3 is 2. The fourth-order valence-electron chi connectivity index (χ4n) is 2.50. The number of likely N-dealkylation sites (N-methyl/N-ethyl adjacent to an activating group) is 1. The fraction of sp³-hybridized carbons (Fsp3) is 0.333. The van der Waals surface area contributed by atoms with Gasteiger partial charge in [0.1, 0.15) is 0 Å². The smallest absolute Gasteiger partial charge is 0.161 e. The number of hydrogen-bond donors (Lipinski definition) is 0. The molecule has 0 N–H and O–H groups in total. The molecule has 0 aliphatic rings. The zero-order valence-corrected chi connectivity index (χ0v) is 13.2. The van der Waals surface area contributed by atoms with Gasteiger partial charge in [0.05, 0.1) is 14.2 Å². The van der Waals surface area contributed by atoms with Crippen LogP contribution in [0.15, 0.2) is 48.5 Å². The minimum Gasteiger partial charge on any atom is -0.493 e. The molecule has 0 aliphatic carbocycles. The van der Waals surface area contributed by atoms with E-state index in [1.165, 1.54) is 11.1 Å². The van der Waals surface area contributed by atoms with Crippen LogP contribution in [0.3, 0.4) is 0 Å². The van der Waals surface area contributed by atoms with Gasteiger partial charge in [-0.25, -0.2) is 0 Å². The Balaban J connectivity index is 2.30. The Morgan fingerprint density at radius 2 is 1.57 bits per heavy atom. The summed E-state index contributed by atoms with van der Waals surface area (Å²) in [5.41, 5.74) is 2.55. The minimum atomic E-state index is 0.298. The standard InChI is InChI=1S/C18H23NO2/c1-19(2)16(12-14-8-6-5-7-9-14)15-10-11-17(20-3)18(13-15)21-4/h5-11,13,16H,12H2,1-4H3. The highest BCUT2D eigenvalue weighted by molar-refractivity contribution is 5.44. The molecule has 2 aromatic carbocycles. The van der Waals surface area contributed by atoms with Crippen molar-refractivity contribution in [2.45, 2.75) is 12.5 Å². The van der Waals surface area contributed by atoms with Crippen LogP contribution in [0.4, 0.5) is 0 Å². The van der Waals surface area contributed by atoms with Crippen molar-refractivity contribution in [2.75, 3.05) is 28.3 Å². The third-order valence-corrected chi connectivity index (χ3v) is 3.69. The molecule has 0 amide bonds. The summed E-state index contributed by atoms with van der Waals surface area (Å²) in [6.45, 7) is 0. The van der Waals surface area contributed by atoms with Gasteiger partial charge in [-0.3, -0.25) is 0 Å². The zero-order chi connectivity index (χ0) is 15.2. The fourth-order valence-corrected chi connectivity index (χ4v) is 2.50. The molecule has 0 heterocycles. The summed E-state index contributed by atoms with van der Waals surface area (Å²) in [6, 6.07) is 17.0. The molecule has 1 unspecified atom stereocenters. The van der Waals surface area contributed by atoms with Gasteiger partial charge < -0.3 is 14.4 Å². The largest absolute Gasteiger partial charge is 0.493 e. The third-order valence-electron chi connectivity index (χ3n) is 3.69. The molecular formula is C18H23NO2. The van der Waals surface area contributed by atoms with Gasteiger partial charge in [0.2, 0.25) is 0 Å². The van der Waals surface area contributed by atoms with Gasteiger partial charge >= 0.3 is 0 Å². The lowest BCUT2D eigenvalue weighted by Gasteiger charge is -2.25. The Hall–Kier alpha value is -2.00. The van der Waals surface area contributed by atoms with Crippen LogP contribution in [0.25, 0.3) is 0 Å². The van der Waals surface area contributed by atoms with E-state index in [4.69, 9.17) is 9.47 Å². The summed E-state index contributed by atoms with van der Waals surface area (Å²) >= 11 is 0. The number of hydrogen-bond acceptors (Lipinski definition) is 3. The Morgan fingerprint density at radius 3 is 2.14 bits per heavy atom. The van der Waals surface area contributed by atoms with Gasteiger partial charge in [-0.1, -0.05) is 36.4 Å².